The molecule has 2 fully saturated rings. The Bertz CT molecular complexity index is 626. The Morgan fingerprint density at radius 3 is 2.08 bits per heavy atom. The zero-order valence-electron chi connectivity index (χ0n) is 14.1. The van der Waals surface area contributed by atoms with Crippen LogP contribution in [0.3, 0.4) is 0 Å². The van der Waals surface area contributed by atoms with Gasteiger partial charge in [0.1, 0.15) is 0 Å². The molecule has 1 aromatic rings. The second-order valence-electron chi connectivity index (χ2n) is 6.67. The number of Topliss-reactive ketones (excluding diaryl/α,β-unsaturated/α-hetero) is 1. The van der Waals surface area contributed by atoms with Gasteiger partial charge in [0.25, 0.3) is 5.91 Å². The van der Waals surface area contributed by atoms with Crippen molar-refractivity contribution < 1.29 is 14.4 Å². The number of carbonyl (C=O) groups excluding carboxylic acids is 3. The molecule has 5 nitrogen and oxygen atoms in total. The number of rotatable bonds is 3. The first-order valence-electron chi connectivity index (χ1n) is 8.75. The lowest BCUT2D eigenvalue weighted by Gasteiger charge is -2.37. The average molecular weight is 348 g/mol. The molecule has 0 aromatic carbocycles. The van der Waals surface area contributed by atoms with Gasteiger partial charge in [-0.05, 0) is 31.9 Å². The van der Waals surface area contributed by atoms with Gasteiger partial charge in [-0.2, -0.15) is 0 Å². The van der Waals surface area contributed by atoms with Crippen LogP contribution >= 0.6 is 11.3 Å². The highest BCUT2D eigenvalue weighted by molar-refractivity contribution is 7.15. The van der Waals surface area contributed by atoms with Crippen LogP contribution in [0.4, 0.5) is 0 Å². The van der Waals surface area contributed by atoms with Crippen LogP contribution in [0, 0.1) is 5.92 Å². The Balaban J connectivity index is 1.55. The highest BCUT2D eigenvalue weighted by Crippen LogP contribution is 2.26. The number of amides is 2. The molecule has 2 heterocycles. The predicted octanol–water partition coefficient (Wildman–Crippen LogP) is 2.82. The molecule has 0 radical (unpaired) electrons. The van der Waals surface area contributed by atoms with Crippen LogP contribution in [0.15, 0.2) is 12.1 Å². The van der Waals surface area contributed by atoms with Crippen molar-refractivity contribution in [2.24, 2.45) is 5.92 Å². The van der Waals surface area contributed by atoms with Gasteiger partial charge in [-0.25, -0.2) is 0 Å². The van der Waals surface area contributed by atoms with Crippen molar-refractivity contribution >= 4 is 28.9 Å². The summed E-state index contributed by atoms with van der Waals surface area (Å²) in [5.41, 5.74) is 0. The van der Waals surface area contributed by atoms with Crippen LogP contribution in [0.1, 0.15) is 58.4 Å². The Labute approximate surface area is 146 Å². The maximum atomic E-state index is 12.6. The summed E-state index contributed by atoms with van der Waals surface area (Å²) in [7, 11) is 0. The van der Waals surface area contributed by atoms with E-state index in [1.54, 1.807) is 17.0 Å². The van der Waals surface area contributed by atoms with Crippen molar-refractivity contribution in [2.45, 2.75) is 39.0 Å². The second kappa shape index (κ2) is 7.47. The lowest BCUT2D eigenvalue weighted by molar-refractivity contribution is -0.138. The number of carbonyl (C=O) groups is 3. The number of nitrogens with zero attached hydrogens (tertiary/aromatic N) is 2. The molecular formula is C18H24N2O3S. The number of piperazine rings is 1. The van der Waals surface area contributed by atoms with Gasteiger partial charge in [-0.15, -0.1) is 11.3 Å². The minimum absolute atomic E-state index is 0.0121. The highest BCUT2D eigenvalue weighted by atomic mass is 32.1. The highest BCUT2D eigenvalue weighted by Gasteiger charge is 2.30. The molecule has 1 aliphatic carbocycles. The van der Waals surface area contributed by atoms with Crippen molar-refractivity contribution in [3.8, 4) is 0 Å². The van der Waals surface area contributed by atoms with Gasteiger partial charge in [0.15, 0.2) is 5.78 Å². The van der Waals surface area contributed by atoms with E-state index in [2.05, 4.69) is 0 Å². The van der Waals surface area contributed by atoms with Crippen LogP contribution in [0.25, 0.3) is 0 Å². The Morgan fingerprint density at radius 2 is 1.50 bits per heavy atom. The number of hydrogen-bond acceptors (Lipinski definition) is 4. The van der Waals surface area contributed by atoms with E-state index in [0.29, 0.717) is 35.9 Å². The SMILES string of the molecule is CC(=O)c1ccc(C(=O)N2CCN(C(=O)C3CCCCC3)CC2)s1. The molecule has 1 saturated heterocycles. The summed E-state index contributed by atoms with van der Waals surface area (Å²) in [4.78, 5) is 41.4. The monoisotopic (exact) mass is 348 g/mol. The Morgan fingerprint density at radius 1 is 0.917 bits per heavy atom. The number of hydrogen-bond donors (Lipinski definition) is 0. The molecule has 0 bridgehead atoms. The molecule has 0 atom stereocenters. The van der Waals surface area contributed by atoms with E-state index in [-0.39, 0.29) is 23.5 Å². The third-order valence-corrected chi connectivity index (χ3v) is 6.17. The van der Waals surface area contributed by atoms with Crippen LogP contribution in [-0.2, 0) is 4.79 Å². The molecule has 6 heteroatoms. The molecule has 0 spiro atoms. The number of ketones is 1. The van der Waals surface area contributed by atoms with E-state index in [1.165, 1.54) is 24.7 Å². The molecule has 24 heavy (non-hydrogen) atoms. The summed E-state index contributed by atoms with van der Waals surface area (Å²) in [5, 5.41) is 0. The predicted molar refractivity (Wildman–Crippen MR) is 93.4 cm³/mol. The molecule has 1 saturated carbocycles. The van der Waals surface area contributed by atoms with Gasteiger partial charge in [0.05, 0.1) is 9.75 Å². The maximum Gasteiger partial charge on any atom is 0.264 e. The summed E-state index contributed by atoms with van der Waals surface area (Å²) in [5.74, 6) is 0.424. The molecule has 1 aromatic heterocycles. The Kier molecular flexibility index (Phi) is 5.33. The minimum Gasteiger partial charge on any atom is -0.339 e. The van der Waals surface area contributed by atoms with E-state index in [9.17, 15) is 14.4 Å². The molecule has 0 unspecified atom stereocenters. The molecule has 3 rings (SSSR count). The van der Waals surface area contributed by atoms with Crippen molar-refractivity contribution in [3.05, 3.63) is 21.9 Å². The van der Waals surface area contributed by atoms with E-state index in [1.807, 2.05) is 4.90 Å². The lowest BCUT2D eigenvalue weighted by Crippen LogP contribution is -2.52. The van der Waals surface area contributed by atoms with Crippen molar-refractivity contribution in [2.75, 3.05) is 26.2 Å². The van der Waals surface area contributed by atoms with Gasteiger partial charge < -0.3 is 9.80 Å². The van der Waals surface area contributed by atoms with Gasteiger partial charge >= 0.3 is 0 Å². The molecule has 130 valence electrons. The minimum atomic E-state index is -0.0303. The third kappa shape index (κ3) is 3.69. The molecule has 2 amide bonds. The van der Waals surface area contributed by atoms with E-state index >= 15 is 0 Å². The zero-order chi connectivity index (χ0) is 17.1. The first-order valence-corrected chi connectivity index (χ1v) is 9.57. The fourth-order valence-corrected chi connectivity index (χ4v) is 4.40. The largest absolute Gasteiger partial charge is 0.339 e. The summed E-state index contributed by atoms with van der Waals surface area (Å²) < 4.78 is 0. The quantitative estimate of drug-likeness (QED) is 0.789. The lowest BCUT2D eigenvalue weighted by atomic mass is 9.88. The molecule has 1 aliphatic heterocycles. The van der Waals surface area contributed by atoms with Crippen LogP contribution in [0.2, 0.25) is 0 Å². The van der Waals surface area contributed by atoms with E-state index < -0.39 is 0 Å². The Hall–Kier alpha value is -1.69. The molecular weight excluding hydrogens is 324 g/mol. The van der Waals surface area contributed by atoms with Crippen molar-refractivity contribution in [3.63, 3.8) is 0 Å². The summed E-state index contributed by atoms with van der Waals surface area (Å²) >= 11 is 1.25. The smallest absolute Gasteiger partial charge is 0.264 e. The van der Waals surface area contributed by atoms with Crippen LogP contribution in [-0.4, -0.2) is 53.6 Å². The van der Waals surface area contributed by atoms with Gasteiger partial charge in [0, 0.05) is 32.1 Å². The molecule has 2 aliphatic rings. The first-order chi connectivity index (χ1) is 11.6. The van der Waals surface area contributed by atoms with E-state index in [0.717, 1.165) is 25.7 Å². The molecule has 0 N–H and O–H groups in total. The fraction of sp³-hybridized carbons (Fsp3) is 0.611. The zero-order valence-corrected chi connectivity index (χ0v) is 14.9. The van der Waals surface area contributed by atoms with Crippen molar-refractivity contribution in [1.29, 1.82) is 0 Å². The summed E-state index contributed by atoms with van der Waals surface area (Å²) in [6.45, 7) is 3.89. The standard InChI is InChI=1S/C18H24N2O3S/c1-13(21)15-7-8-16(24-15)18(23)20-11-9-19(10-12-20)17(22)14-5-3-2-4-6-14/h7-8,14H,2-6,9-12H2,1H3. The maximum absolute atomic E-state index is 12.6. The number of thiophene rings is 1. The summed E-state index contributed by atoms with van der Waals surface area (Å²) in [6.07, 6.45) is 5.59. The van der Waals surface area contributed by atoms with Gasteiger partial charge in [0.2, 0.25) is 5.91 Å². The van der Waals surface area contributed by atoms with Gasteiger partial charge in [-0.3, -0.25) is 14.4 Å². The first kappa shape index (κ1) is 17.1. The van der Waals surface area contributed by atoms with Gasteiger partial charge in [-0.1, -0.05) is 19.3 Å². The second-order valence-corrected chi connectivity index (χ2v) is 7.76. The normalized spacial score (nSPS) is 19.4. The third-order valence-electron chi connectivity index (χ3n) is 5.00. The van der Waals surface area contributed by atoms with Crippen LogP contribution in [0.5, 0.6) is 0 Å². The topological polar surface area (TPSA) is 57.7 Å². The van der Waals surface area contributed by atoms with Crippen LogP contribution < -0.4 is 0 Å². The summed E-state index contributed by atoms with van der Waals surface area (Å²) in [6, 6.07) is 3.44. The van der Waals surface area contributed by atoms with E-state index in [4.69, 9.17) is 0 Å². The average Bonchev–Trinajstić information content (AvgIpc) is 3.12. The van der Waals surface area contributed by atoms with Crippen molar-refractivity contribution in [1.82, 2.24) is 9.80 Å². The fourth-order valence-electron chi connectivity index (χ4n) is 3.54.